The van der Waals surface area contributed by atoms with E-state index in [2.05, 4.69) is 44.1 Å². The van der Waals surface area contributed by atoms with Gasteiger partial charge in [0.1, 0.15) is 0 Å². The lowest BCUT2D eigenvalue weighted by molar-refractivity contribution is 0.810. The van der Waals surface area contributed by atoms with E-state index in [9.17, 15) is 0 Å². The van der Waals surface area contributed by atoms with E-state index in [0.29, 0.717) is 0 Å². The number of rotatable bonds is 9. The molecule has 0 amide bonds. The predicted molar refractivity (Wildman–Crippen MR) is 79.1 cm³/mol. The Morgan fingerprint density at radius 3 is 2.47 bits per heavy atom. The number of hydrogen-bond donors (Lipinski definition) is 1. The van der Waals surface area contributed by atoms with Gasteiger partial charge in [-0.1, -0.05) is 69.2 Å². The summed E-state index contributed by atoms with van der Waals surface area (Å²) in [4.78, 5) is 0. The minimum Gasteiger partial charge on any atom is -0.309 e. The molecule has 0 fully saturated rings. The van der Waals surface area contributed by atoms with Crippen LogP contribution in [0.2, 0.25) is 0 Å². The third-order valence-electron chi connectivity index (χ3n) is 2.05. The summed E-state index contributed by atoms with van der Waals surface area (Å²) in [5.41, 5.74) is 2.27. The van der Waals surface area contributed by atoms with Crippen LogP contribution in [-0.4, -0.2) is 13.1 Å². The van der Waals surface area contributed by atoms with Crippen LogP contribution in [-0.2, 0) is 0 Å². The third kappa shape index (κ3) is 9.34. The Bertz CT molecular complexity index is 329. The largest absolute Gasteiger partial charge is 0.309 e. The molecule has 0 bridgehead atoms. The highest BCUT2D eigenvalue weighted by molar-refractivity contribution is 5.25. The molecule has 0 aliphatic rings. The zero-order valence-electron chi connectivity index (χ0n) is 10.8. The van der Waals surface area contributed by atoms with Gasteiger partial charge in [-0.2, -0.15) is 0 Å². The molecule has 0 rings (SSSR count). The van der Waals surface area contributed by atoms with E-state index in [-0.39, 0.29) is 0 Å². The number of nitrogens with one attached hydrogen (secondary N) is 1. The minimum atomic E-state index is 0.777. The number of allylic oxidation sites excluding steroid dienone is 5. The number of hydrogen-bond acceptors (Lipinski definition) is 1. The lowest BCUT2D eigenvalue weighted by Crippen LogP contribution is -2.18. The van der Waals surface area contributed by atoms with E-state index in [4.69, 9.17) is 0 Å². The Hall–Kier alpha value is -1.60. The van der Waals surface area contributed by atoms with Gasteiger partial charge in [0, 0.05) is 13.1 Å². The molecule has 0 atom stereocenters. The Morgan fingerprint density at radius 1 is 1.12 bits per heavy atom. The Kier molecular flexibility index (Phi) is 9.88. The van der Waals surface area contributed by atoms with Crippen molar-refractivity contribution in [2.75, 3.05) is 13.1 Å². The molecule has 0 heterocycles. The molecule has 0 aromatic heterocycles. The summed E-state index contributed by atoms with van der Waals surface area (Å²) >= 11 is 0. The van der Waals surface area contributed by atoms with E-state index in [1.54, 1.807) is 6.08 Å². The van der Waals surface area contributed by atoms with E-state index in [1.807, 2.05) is 24.3 Å². The molecule has 0 spiro atoms. The summed E-state index contributed by atoms with van der Waals surface area (Å²) in [6.45, 7) is 15.0. The molecule has 0 unspecified atom stereocenters. The molecule has 0 aromatic rings. The summed E-state index contributed by atoms with van der Waals surface area (Å²) in [5, 5.41) is 3.34. The van der Waals surface area contributed by atoms with E-state index in [1.165, 1.54) is 5.57 Å². The maximum atomic E-state index is 3.94. The molecule has 0 saturated carbocycles. The first-order valence-corrected chi connectivity index (χ1v) is 5.90. The third-order valence-corrected chi connectivity index (χ3v) is 2.05. The van der Waals surface area contributed by atoms with Crippen molar-refractivity contribution in [2.24, 2.45) is 0 Å². The monoisotopic (exact) mass is 229 g/mol. The van der Waals surface area contributed by atoms with Gasteiger partial charge in [-0.05, 0) is 17.6 Å². The summed E-state index contributed by atoms with van der Waals surface area (Å²) in [7, 11) is 0. The van der Waals surface area contributed by atoms with Crippen molar-refractivity contribution < 1.29 is 0 Å². The van der Waals surface area contributed by atoms with Crippen LogP contribution < -0.4 is 5.32 Å². The SMILES string of the molecule is C=C/C=C\C(=C)CNCC(/C=C\CC)=C/C=C. The maximum Gasteiger partial charge on any atom is 0.0208 e. The molecule has 0 aromatic carbocycles. The second-order valence-electron chi connectivity index (χ2n) is 3.64. The quantitative estimate of drug-likeness (QED) is 0.590. The second-order valence-corrected chi connectivity index (χ2v) is 3.64. The topological polar surface area (TPSA) is 12.0 Å². The molecular weight excluding hydrogens is 206 g/mol. The fourth-order valence-corrected chi connectivity index (χ4v) is 1.22. The van der Waals surface area contributed by atoms with Crippen LogP contribution in [0.3, 0.4) is 0 Å². The average molecular weight is 229 g/mol. The Balaban J connectivity index is 4.06. The highest BCUT2D eigenvalue weighted by atomic mass is 14.8. The molecule has 0 saturated heterocycles. The molecule has 1 heteroatoms. The van der Waals surface area contributed by atoms with Crippen molar-refractivity contribution in [1.82, 2.24) is 5.32 Å². The van der Waals surface area contributed by atoms with Gasteiger partial charge in [-0.25, -0.2) is 0 Å². The molecule has 0 aliphatic heterocycles. The van der Waals surface area contributed by atoms with Crippen LogP contribution in [0.5, 0.6) is 0 Å². The van der Waals surface area contributed by atoms with Crippen molar-refractivity contribution in [3.05, 3.63) is 73.4 Å². The smallest absolute Gasteiger partial charge is 0.0208 e. The van der Waals surface area contributed by atoms with E-state index >= 15 is 0 Å². The van der Waals surface area contributed by atoms with E-state index in [0.717, 1.165) is 25.1 Å². The van der Waals surface area contributed by atoms with Gasteiger partial charge in [-0.3, -0.25) is 0 Å². The lowest BCUT2D eigenvalue weighted by Gasteiger charge is -2.05. The van der Waals surface area contributed by atoms with Crippen molar-refractivity contribution in [3.63, 3.8) is 0 Å². The molecule has 0 radical (unpaired) electrons. The predicted octanol–water partition coefficient (Wildman–Crippen LogP) is 3.95. The van der Waals surface area contributed by atoms with Crippen LogP contribution in [0.4, 0.5) is 0 Å². The first kappa shape index (κ1) is 15.4. The molecule has 1 N–H and O–H groups in total. The summed E-state index contributed by atoms with van der Waals surface area (Å²) < 4.78 is 0. The van der Waals surface area contributed by atoms with Gasteiger partial charge in [-0.15, -0.1) is 0 Å². The van der Waals surface area contributed by atoms with Gasteiger partial charge < -0.3 is 5.32 Å². The van der Waals surface area contributed by atoms with Gasteiger partial charge in [0.2, 0.25) is 0 Å². The highest BCUT2D eigenvalue weighted by Gasteiger charge is 1.92. The van der Waals surface area contributed by atoms with Crippen molar-refractivity contribution in [2.45, 2.75) is 13.3 Å². The van der Waals surface area contributed by atoms with Gasteiger partial charge in [0.25, 0.3) is 0 Å². The normalized spacial score (nSPS) is 12.2. The maximum absolute atomic E-state index is 3.94. The van der Waals surface area contributed by atoms with Crippen LogP contribution in [0.15, 0.2) is 73.4 Å². The lowest BCUT2D eigenvalue weighted by atomic mass is 10.2. The van der Waals surface area contributed by atoms with Crippen molar-refractivity contribution in [3.8, 4) is 0 Å². The van der Waals surface area contributed by atoms with Crippen LogP contribution in [0, 0.1) is 0 Å². The molecule has 0 aliphatic carbocycles. The Morgan fingerprint density at radius 2 is 1.88 bits per heavy atom. The van der Waals surface area contributed by atoms with Gasteiger partial charge in [0.05, 0.1) is 0 Å². The van der Waals surface area contributed by atoms with Gasteiger partial charge in [0.15, 0.2) is 0 Å². The van der Waals surface area contributed by atoms with Crippen LogP contribution in [0.25, 0.3) is 0 Å². The van der Waals surface area contributed by atoms with E-state index < -0.39 is 0 Å². The minimum absolute atomic E-state index is 0.777. The summed E-state index contributed by atoms with van der Waals surface area (Å²) in [6.07, 6.45) is 14.7. The molecule has 1 nitrogen and oxygen atoms in total. The average Bonchev–Trinajstić information content (AvgIpc) is 2.33. The molecule has 92 valence electrons. The summed E-state index contributed by atoms with van der Waals surface area (Å²) in [6, 6.07) is 0. The fourth-order valence-electron chi connectivity index (χ4n) is 1.22. The zero-order chi connectivity index (χ0) is 12.9. The summed E-state index contributed by atoms with van der Waals surface area (Å²) in [5.74, 6) is 0. The standard InChI is InChI=1S/C16H23N/c1-5-8-11-15(4)13-17-14-16(10-7-3)12-9-6-2/h5,7-12,17H,1,3-4,6,13-14H2,2H3/b11-8-,12-9-,16-10+. The van der Waals surface area contributed by atoms with Crippen molar-refractivity contribution in [1.29, 1.82) is 0 Å². The first-order valence-electron chi connectivity index (χ1n) is 5.90. The van der Waals surface area contributed by atoms with Crippen molar-refractivity contribution >= 4 is 0 Å². The molecule has 17 heavy (non-hydrogen) atoms. The highest BCUT2D eigenvalue weighted by Crippen LogP contribution is 1.98. The zero-order valence-corrected chi connectivity index (χ0v) is 10.8. The second kappa shape index (κ2) is 10.9. The van der Waals surface area contributed by atoms with Crippen LogP contribution >= 0.6 is 0 Å². The fraction of sp³-hybridized carbons (Fsp3) is 0.250. The Labute approximate surface area is 106 Å². The molecular formula is C16H23N. The van der Waals surface area contributed by atoms with Crippen LogP contribution in [0.1, 0.15) is 13.3 Å². The first-order chi connectivity index (χ1) is 8.24. The van der Waals surface area contributed by atoms with Gasteiger partial charge >= 0.3 is 0 Å².